The molecule has 0 bridgehead atoms. The molecule has 11 heteroatoms. The number of aliphatic hydroxyl groups excluding tert-OH is 1. The monoisotopic (exact) mass is 729 g/mol. The number of halogens is 3. The lowest BCUT2D eigenvalue weighted by Crippen LogP contribution is -2.41. The van der Waals surface area contributed by atoms with Crippen LogP contribution in [-0.2, 0) is 14.3 Å². The number of carbonyl (C=O) groups is 2. The minimum Gasteiger partial charge on any atom is -0.397 e. The first-order valence-electron chi connectivity index (χ1n) is 8.58. The molecule has 156 valence electrons. The van der Waals surface area contributed by atoms with Crippen molar-refractivity contribution < 1.29 is 24.2 Å². The smallest absolute Gasteiger partial charge is 0.253 e. The molecule has 1 heterocycles. The molecule has 0 saturated carbocycles. The number of aliphatic hydroxyl groups is 1. The lowest BCUT2D eigenvalue weighted by molar-refractivity contribution is -0.217. The van der Waals surface area contributed by atoms with Crippen molar-refractivity contribution >= 4 is 91.0 Å². The molecule has 0 atom stereocenters. The van der Waals surface area contributed by atoms with Crippen LogP contribution in [-0.4, -0.2) is 49.6 Å². The van der Waals surface area contributed by atoms with Crippen molar-refractivity contribution in [2.75, 3.05) is 37.4 Å². The molecule has 8 nitrogen and oxygen atoms in total. The Labute approximate surface area is 204 Å². The van der Waals surface area contributed by atoms with Crippen LogP contribution < -0.4 is 16.4 Å². The van der Waals surface area contributed by atoms with E-state index in [1.807, 2.05) is 59.0 Å². The summed E-state index contributed by atoms with van der Waals surface area (Å²) in [4.78, 5) is 25.2. The first kappa shape index (κ1) is 24.3. The summed E-state index contributed by atoms with van der Waals surface area (Å²) in [5.74, 6) is -0.846. The van der Waals surface area contributed by atoms with Gasteiger partial charge in [0.2, 0.25) is 5.91 Å². The normalized spacial score (nSPS) is 19.5. The van der Waals surface area contributed by atoms with Crippen molar-refractivity contribution in [3.63, 3.8) is 0 Å². The minimum absolute atomic E-state index is 0.131. The highest BCUT2D eigenvalue weighted by Gasteiger charge is 2.31. The molecule has 0 unspecified atom stereocenters. The summed E-state index contributed by atoms with van der Waals surface area (Å²) in [5, 5.41) is 14.5. The van der Waals surface area contributed by atoms with Gasteiger partial charge in [-0.05, 0) is 67.8 Å². The van der Waals surface area contributed by atoms with E-state index < -0.39 is 5.92 Å². The van der Waals surface area contributed by atoms with Crippen molar-refractivity contribution in [1.29, 1.82) is 0 Å². The number of ether oxygens (including phenoxy) is 2. The average Bonchev–Trinajstić information content (AvgIpc) is 2.68. The molecular weight excluding hydrogens is 707 g/mol. The van der Waals surface area contributed by atoms with E-state index in [2.05, 4.69) is 33.2 Å². The van der Waals surface area contributed by atoms with Gasteiger partial charge in [-0.15, -0.1) is 0 Å². The fraction of sp³-hybridized carbons (Fsp3) is 0.529. The van der Waals surface area contributed by atoms with E-state index in [9.17, 15) is 9.59 Å². The third-order valence-electron chi connectivity index (χ3n) is 4.06. The Kier molecular flexibility index (Phi) is 9.44. The fourth-order valence-corrected chi connectivity index (χ4v) is 6.46. The second-order valence-corrected chi connectivity index (χ2v) is 9.79. The Morgan fingerprint density at radius 1 is 1.18 bits per heavy atom. The SMILES string of the molecule is CC(C)C1OCC(C(=O)Nc2c(I)c(N)c(I)c(C(=O)NCCO)c2I)CO1. The molecule has 1 aliphatic rings. The molecule has 0 aromatic heterocycles. The summed E-state index contributed by atoms with van der Waals surface area (Å²) in [6.07, 6.45) is -0.305. The van der Waals surface area contributed by atoms with Crippen LogP contribution in [0.15, 0.2) is 0 Å². The van der Waals surface area contributed by atoms with E-state index in [1.165, 1.54) is 0 Å². The molecule has 1 saturated heterocycles. The zero-order chi connectivity index (χ0) is 21.0. The molecule has 5 N–H and O–H groups in total. The maximum atomic E-state index is 12.7. The number of anilines is 2. The first-order chi connectivity index (χ1) is 13.2. The number of nitrogens with one attached hydrogen (secondary N) is 2. The Morgan fingerprint density at radius 2 is 1.79 bits per heavy atom. The van der Waals surface area contributed by atoms with Crippen LogP contribution in [0.1, 0.15) is 24.2 Å². The van der Waals surface area contributed by atoms with Gasteiger partial charge in [0, 0.05) is 12.5 Å². The molecule has 1 aromatic carbocycles. The number of carbonyl (C=O) groups excluding carboxylic acids is 2. The topological polar surface area (TPSA) is 123 Å². The minimum atomic E-state index is -0.450. The van der Waals surface area contributed by atoms with Gasteiger partial charge >= 0.3 is 0 Å². The summed E-state index contributed by atoms with van der Waals surface area (Å²) in [7, 11) is 0. The number of hydrogen-bond acceptors (Lipinski definition) is 6. The maximum absolute atomic E-state index is 12.7. The largest absolute Gasteiger partial charge is 0.397 e. The number of hydrogen-bond donors (Lipinski definition) is 4. The third-order valence-corrected chi connectivity index (χ3v) is 7.38. The van der Waals surface area contributed by atoms with Crippen LogP contribution in [0.4, 0.5) is 11.4 Å². The summed E-state index contributed by atoms with van der Waals surface area (Å²) in [5.41, 5.74) is 7.46. The van der Waals surface area contributed by atoms with Gasteiger partial charge in [0.1, 0.15) is 0 Å². The van der Waals surface area contributed by atoms with E-state index in [0.717, 1.165) is 0 Å². The van der Waals surface area contributed by atoms with Crippen LogP contribution in [0.25, 0.3) is 0 Å². The molecule has 0 spiro atoms. The second kappa shape index (κ2) is 10.9. The maximum Gasteiger partial charge on any atom is 0.253 e. The summed E-state index contributed by atoms with van der Waals surface area (Å²) in [6.45, 7) is 4.49. The number of benzene rings is 1. The number of nitrogens with two attached hydrogens (primary N) is 1. The van der Waals surface area contributed by atoms with Crippen molar-refractivity contribution in [3.05, 3.63) is 16.3 Å². The van der Waals surface area contributed by atoms with Gasteiger partial charge in [0.15, 0.2) is 6.29 Å². The number of amides is 2. The standard InChI is InChI=1S/C17H22I3N3O5/c1-7(2)17-27-5-8(6-28-17)15(25)23-14-11(19)9(16(26)22-3-4-24)10(18)13(21)12(14)20/h7-8,17,24H,3-6,21H2,1-2H3,(H,22,26)(H,23,25). The van der Waals surface area contributed by atoms with E-state index in [-0.39, 0.29) is 50.4 Å². The van der Waals surface area contributed by atoms with Crippen LogP contribution in [0.5, 0.6) is 0 Å². The second-order valence-electron chi connectivity index (χ2n) is 6.55. The van der Waals surface area contributed by atoms with Gasteiger partial charge in [-0.2, -0.15) is 0 Å². The predicted molar refractivity (Wildman–Crippen MR) is 131 cm³/mol. The first-order valence-corrected chi connectivity index (χ1v) is 11.8. The van der Waals surface area contributed by atoms with E-state index in [1.54, 1.807) is 0 Å². The van der Waals surface area contributed by atoms with Crippen molar-refractivity contribution in [3.8, 4) is 0 Å². The molecule has 1 aromatic rings. The van der Waals surface area contributed by atoms with Crippen LogP contribution in [0.2, 0.25) is 0 Å². The molecule has 1 aliphatic heterocycles. The van der Waals surface area contributed by atoms with E-state index in [0.29, 0.717) is 27.6 Å². The lowest BCUT2D eigenvalue weighted by Gasteiger charge is -2.31. The third kappa shape index (κ3) is 5.59. The van der Waals surface area contributed by atoms with Crippen molar-refractivity contribution in [2.45, 2.75) is 20.1 Å². The Balaban J connectivity index is 2.24. The van der Waals surface area contributed by atoms with E-state index >= 15 is 0 Å². The molecule has 2 rings (SSSR count). The van der Waals surface area contributed by atoms with Crippen molar-refractivity contribution in [2.24, 2.45) is 11.8 Å². The van der Waals surface area contributed by atoms with Gasteiger partial charge in [0.25, 0.3) is 5.91 Å². The summed E-state index contributed by atoms with van der Waals surface area (Å²) in [6, 6.07) is 0. The van der Waals surface area contributed by atoms with E-state index in [4.69, 9.17) is 20.3 Å². The number of nitrogen functional groups attached to an aromatic ring is 1. The van der Waals surface area contributed by atoms with Crippen LogP contribution >= 0.6 is 67.8 Å². The fourth-order valence-electron chi connectivity index (χ4n) is 2.53. The van der Waals surface area contributed by atoms with Gasteiger partial charge in [0.05, 0.1) is 53.4 Å². The van der Waals surface area contributed by atoms with Gasteiger partial charge in [-0.25, -0.2) is 0 Å². The van der Waals surface area contributed by atoms with Crippen LogP contribution in [0, 0.1) is 22.5 Å². The zero-order valence-electron chi connectivity index (χ0n) is 15.4. The molecule has 1 fully saturated rings. The lowest BCUT2D eigenvalue weighted by atomic mass is 10.1. The molecule has 0 radical (unpaired) electrons. The molecule has 28 heavy (non-hydrogen) atoms. The predicted octanol–water partition coefficient (Wildman–Crippen LogP) is 2.39. The van der Waals surface area contributed by atoms with Crippen molar-refractivity contribution in [1.82, 2.24) is 5.32 Å². The highest BCUT2D eigenvalue weighted by molar-refractivity contribution is 14.1. The van der Waals surface area contributed by atoms with Gasteiger partial charge < -0.3 is 30.9 Å². The Hall–Kier alpha value is 0.0300. The Bertz CT molecular complexity index is 752. The number of rotatable bonds is 6. The highest BCUT2D eigenvalue weighted by atomic mass is 127. The highest BCUT2D eigenvalue weighted by Crippen LogP contribution is 2.37. The summed E-state index contributed by atoms with van der Waals surface area (Å²) >= 11 is 6.10. The Morgan fingerprint density at radius 3 is 2.32 bits per heavy atom. The molecule has 2 amide bonds. The van der Waals surface area contributed by atoms with Crippen LogP contribution in [0.3, 0.4) is 0 Å². The summed E-state index contributed by atoms with van der Waals surface area (Å²) < 4.78 is 13.1. The molecular formula is C17H22I3N3O5. The average molecular weight is 729 g/mol. The zero-order valence-corrected chi connectivity index (χ0v) is 21.8. The molecule has 0 aliphatic carbocycles. The van der Waals surface area contributed by atoms with Gasteiger partial charge in [-0.1, -0.05) is 13.8 Å². The van der Waals surface area contributed by atoms with Gasteiger partial charge in [-0.3, -0.25) is 9.59 Å². The quantitative estimate of drug-likeness (QED) is 0.264.